The number of aromatic nitrogens is 1. The Morgan fingerprint density at radius 2 is 2.50 bits per heavy atom. The lowest BCUT2D eigenvalue weighted by atomic mass is 10.2. The molecule has 0 N–H and O–H groups in total. The second-order valence-electron chi connectivity index (χ2n) is 2.29. The van der Waals surface area contributed by atoms with Crippen molar-refractivity contribution in [1.82, 2.24) is 4.98 Å². The maximum atomic E-state index is 13.2. The number of hydrogen-bond acceptors (Lipinski definition) is 2. The van der Waals surface area contributed by atoms with Gasteiger partial charge in [0, 0.05) is 6.20 Å². The molecule has 0 radical (unpaired) electrons. The molecule has 2 nitrogen and oxygen atoms in total. The van der Waals surface area contributed by atoms with E-state index in [2.05, 4.69) is 11.6 Å². The van der Waals surface area contributed by atoms with Gasteiger partial charge in [-0.25, -0.2) is 9.37 Å². The normalized spacial score (nSPS) is 9.50. The Balaban J connectivity index is 3.04. The fraction of sp³-hybridized carbons (Fsp3) is 0.222. The molecule has 0 fully saturated rings. The summed E-state index contributed by atoms with van der Waals surface area (Å²) in [5, 5.41) is 0. The molecule has 1 aromatic rings. The fourth-order valence-corrected chi connectivity index (χ4v) is 0.918. The third-order valence-electron chi connectivity index (χ3n) is 1.49. The van der Waals surface area contributed by atoms with Gasteiger partial charge in [-0.15, -0.1) is 6.58 Å². The minimum absolute atomic E-state index is 0.0364. The number of nitrogens with zero attached hydrogens (tertiary/aromatic N) is 1. The van der Waals surface area contributed by atoms with E-state index < -0.39 is 5.82 Å². The van der Waals surface area contributed by atoms with Crippen LogP contribution in [0.25, 0.3) is 0 Å². The van der Waals surface area contributed by atoms with Crippen LogP contribution in [0, 0.1) is 5.82 Å². The van der Waals surface area contributed by atoms with Crippen LogP contribution in [0.5, 0.6) is 5.88 Å². The molecule has 64 valence electrons. The number of hydrogen-bond donors (Lipinski definition) is 0. The smallest absolute Gasteiger partial charge is 0.250 e. The number of ether oxygens (including phenoxy) is 1. The van der Waals surface area contributed by atoms with Crippen LogP contribution in [-0.4, -0.2) is 12.1 Å². The van der Waals surface area contributed by atoms with Gasteiger partial charge in [-0.3, -0.25) is 0 Å². The van der Waals surface area contributed by atoms with E-state index in [1.54, 1.807) is 12.1 Å². The average Bonchev–Trinajstić information content (AvgIpc) is 2.09. The summed E-state index contributed by atoms with van der Waals surface area (Å²) in [4.78, 5) is 3.71. The quantitative estimate of drug-likeness (QED) is 0.642. The average molecular weight is 167 g/mol. The molecule has 12 heavy (non-hydrogen) atoms. The first-order valence-electron chi connectivity index (χ1n) is 3.58. The van der Waals surface area contributed by atoms with Crippen LogP contribution in [0.1, 0.15) is 5.56 Å². The van der Waals surface area contributed by atoms with Crippen LogP contribution in [-0.2, 0) is 6.42 Å². The van der Waals surface area contributed by atoms with Crippen molar-refractivity contribution in [2.24, 2.45) is 0 Å². The van der Waals surface area contributed by atoms with Crippen LogP contribution in [0.15, 0.2) is 24.9 Å². The Bertz CT molecular complexity index is 286. The topological polar surface area (TPSA) is 22.1 Å². The van der Waals surface area contributed by atoms with E-state index in [1.165, 1.54) is 13.3 Å². The van der Waals surface area contributed by atoms with Crippen LogP contribution in [0.4, 0.5) is 4.39 Å². The zero-order chi connectivity index (χ0) is 8.97. The highest BCUT2D eigenvalue weighted by molar-refractivity contribution is 5.24. The van der Waals surface area contributed by atoms with Gasteiger partial charge in [-0.2, -0.15) is 0 Å². The lowest BCUT2D eigenvalue weighted by Gasteiger charge is -2.03. The third-order valence-corrected chi connectivity index (χ3v) is 1.49. The maximum Gasteiger partial charge on any atom is 0.250 e. The van der Waals surface area contributed by atoms with Gasteiger partial charge in [0.15, 0.2) is 5.82 Å². The maximum absolute atomic E-state index is 13.2. The van der Waals surface area contributed by atoms with Crippen molar-refractivity contribution in [2.75, 3.05) is 7.11 Å². The number of methoxy groups -OCH3 is 1. The summed E-state index contributed by atoms with van der Waals surface area (Å²) in [5.74, 6) is -0.366. The molecule has 3 heteroatoms. The van der Waals surface area contributed by atoms with E-state index in [-0.39, 0.29) is 5.88 Å². The SMILES string of the molecule is C=CCc1ccnc(OC)c1F. The zero-order valence-electron chi connectivity index (χ0n) is 6.88. The van der Waals surface area contributed by atoms with Crippen molar-refractivity contribution in [3.8, 4) is 5.88 Å². The van der Waals surface area contributed by atoms with Crippen molar-refractivity contribution in [1.29, 1.82) is 0 Å². The van der Waals surface area contributed by atoms with Crippen molar-refractivity contribution >= 4 is 0 Å². The van der Waals surface area contributed by atoms with Crippen molar-refractivity contribution in [3.05, 3.63) is 36.3 Å². The molecule has 0 saturated carbocycles. The molecule has 0 unspecified atom stereocenters. The predicted molar refractivity (Wildman–Crippen MR) is 44.6 cm³/mol. The summed E-state index contributed by atoms with van der Waals surface area (Å²) in [7, 11) is 1.39. The molecule has 0 amide bonds. The molecule has 0 aliphatic carbocycles. The molecule has 1 aromatic heterocycles. The highest BCUT2D eigenvalue weighted by atomic mass is 19.1. The lowest BCUT2D eigenvalue weighted by molar-refractivity contribution is 0.367. The predicted octanol–water partition coefficient (Wildman–Crippen LogP) is 1.96. The second kappa shape index (κ2) is 3.85. The molecular weight excluding hydrogens is 157 g/mol. The first kappa shape index (κ1) is 8.71. The molecule has 1 rings (SSSR count). The van der Waals surface area contributed by atoms with Gasteiger partial charge in [0.2, 0.25) is 5.88 Å². The van der Waals surface area contributed by atoms with Crippen LogP contribution in [0.2, 0.25) is 0 Å². The van der Waals surface area contributed by atoms with Crippen molar-refractivity contribution in [2.45, 2.75) is 6.42 Å². The molecular formula is C9H10FNO. The van der Waals surface area contributed by atoms with E-state index in [0.29, 0.717) is 12.0 Å². The van der Waals surface area contributed by atoms with Gasteiger partial charge in [-0.1, -0.05) is 6.08 Å². The van der Waals surface area contributed by atoms with Crippen LogP contribution in [0.3, 0.4) is 0 Å². The Morgan fingerprint density at radius 3 is 3.08 bits per heavy atom. The number of allylic oxidation sites excluding steroid dienone is 1. The van der Waals surface area contributed by atoms with E-state index >= 15 is 0 Å². The summed E-state index contributed by atoms with van der Waals surface area (Å²) in [6.45, 7) is 3.52. The fourth-order valence-electron chi connectivity index (χ4n) is 0.918. The molecule has 0 atom stereocenters. The minimum Gasteiger partial charge on any atom is -0.479 e. The second-order valence-corrected chi connectivity index (χ2v) is 2.29. The summed E-state index contributed by atoms with van der Waals surface area (Å²) in [6.07, 6.45) is 3.64. The zero-order valence-corrected chi connectivity index (χ0v) is 6.88. The molecule has 0 aromatic carbocycles. The molecule has 0 bridgehead atoms. The minimum atomic E-state index is -0.403. The van der Waals surface area contributed by atoms with E-state index in [0.717, 1.165) is 0 Å². The van der Waals surface area contributed by atoms with Gasteiger partial charge in [-0.05, 0) is 18.1 Å². The molecule has 0 spiro atoms. The number of pyridine rings is 1. The van der Waals surface area contributed by atoms with Gasteiger partial charge < -0.3 is 4.74 Å². The van der Waals surface area contributed by atoms with E-state index in [4.69, 9.17) is 4.74 Å². The van der Waals surface area contributed by atoms with Crippen molar-refractivity contribution in [3.63, 3.8) is 0 Å². The van der Waals surface area contributed by atoms with E-state index in [1.807, 2.05) is 0 Å². The van der Waals surface area contributed by atoms with Crippen LogP contribution >= 0.6 is 0 Å². The van der Waals surface area contributed by atoms with Gasteiger partial charge in [0.05, 0.1) is 7.11 Å². The number of halogens is 1. The Hall–Kier alpha value is -1.38. The highest BCUT2D eigenvalue weighted by Gasteiger charge is 2.07. The van der Waals surface area contributed by atoms with Gasteiger partial charge >= 0.3 is 0 Å². The third kappa shape index (κ3) is 1.61. The first-order chi connectivity index (χ1) is 5.79. The molecule has 0 aliphatic rings. The molecule has 1 heterocycles. The Labute approximate surface area is 70.7 Å². The first-order valence-corrected chi connectivity index (χ1v) is 3.58. The summed E-state index contributed by atoms with van der Waals surface area (Å²) in [6, 6.07) is 1.61. The van der Waals surface area contributed by atoms with Gasteiger partial charge in [0.1, 0.15) is 0 Å². The molecule has 0 saturated heterocycles. The summed E-state index contributed by atoms with van der Waals surface area (Å²) < 4.78 is 17.9. The van der Waals surface area contributed by atoms with Crippen molar-refractivity contribution < 1.29 is 9.13 Å². The Morgan fingerprint density at radius 1 is 1.75 bits per heavy atom. The van der Waals surface area contributed by atoms with Crippen LogP contribution < -0.4 is 4.74 Å². The van der Waals surface area contributed by atoms with Gasteiger partial charge in [0.25, 0.3) is 0 Å². The number of rotatable bonds is 3. The molecule has 0 aliphatic heterocycles. The summed E-state index contributed by atoms with van der Waals surface area (Å²) >= 11 is 0. The monoisotopic (exact) mass is 167 g/mol. The lowest BCUT2D eigenvalue weighted by Crippen LogP contribution is -1.96. The van der Waals surface area contributed by atoms with E-state index in [9.17, 15) is 4.39 Å². The summed E-state index contributed by atoms with van der Waals surface area (Å²) in [5.41, 5.74) is 0.553. The Kier molecular flexibility index (Phi) is 2.80. The highest BCUT2D eigenvalue weighted by Crippen LogP contribution is 2.16. The standard InChI is InChI=1S/C9H10FNO/c1-3-4-7-5-6-11-9(12-2)8(7)10/h3,5-6H,1,4H2,2H3. The largest absolute Gasteiger partial charge is 0.479 e.